The van der Waals surface area contributed by atoms with Gasteiger partial charge in [-0.05, 0) is 23.8 Å². The number of aromatic amines is 1. The van der Waals surface area contributed by atoms with Gasteiger partial charge in [0.1, 0.15) is 4.90 Å². The van der Waals surface area contributed by atoms with Crippen LogP contribution in [0.4, 0.5) is 0 Å². The predicted molar refractivity (Wildman–Crippen MR) is 117 cm³/mol. The van der Waals surface area contributed by atoms with E-state index in [4.69, 9.17) is 27.9 Å². The Hall–Kier alpha value is -2.28. The summed E-state index contributed by atoms with van der Waals surface area (Å²) in [4.78, 5) is 17.4. The summed E-state index contributed by atoms with van der Waals surface area (Å²) in [6.45, 7) is 1.75. The third kappa shape index (κ3) is 5.20. The molecule has 1 saturated heterocycles. The molecule has 13 heteroatoms. The Bertz CT molecular complexity index is 1260. The Morgan fingerprint density at radius 1 is 1.19 bits per heavy atom. The topological polar surface area (TPSA) is 139 Å². The second kappa shape index (κ2) is 9.69. The van der Waals surface area contributed by atoms with E-state index in [1.807, 2.05) is 6.07 Å². The molecule has 0 radical (unpaired) electrons. The van der Waals surface area contributed by atoms with Crippen LogP contribution in [0.2, 0.25) is 10.0 Å². The highest BCUT2D eigenvalue weighted by molar-refractivity contribution is 7.89. The maximum atomic E-state index is 12.9. The Balaban J connectivity index is 1.53. The highest BCUT2D eigenvalue weighted by Crippen LogP contribution is 2.32. The molecule has 1 aromatic carbocycles. The number of hydrogen-bond acceptors (Lipinski definition) is 8. The SMILES string of the molecule is O=c1[nH]c(-c2cncc(S(=O)(=O)NC[C@@H]3CNCCO[C@H]3c3ccc(Cl)c(Cl)c3)c2)no1. The summed E-state index contributed by atoms with van der Waals surface area (Å²) in [6.07, 6.45) is 2.20. The molecule has 1 fully saturated rings. The number of hydrogen-bond donors (Lipinski definition) is 3. The number of H-pyrrole nitrogens is 1. The van der Waals surface area contributed by atoms with E-state index in [0.29, 0.717) is 35.3 Å². The molecule has 1 aliphatic heterocycles. The van der Waals surface area contributed by atoms with Crippen LogP contribution in [0.15, 0.2) is 50.9 Å². The van der Waals surface area contributed by atoms with Crippen LogP contribution in [0.1, 0.15) is 11.7 Å². The van der Waals surface area contributed by atoms with Gasteiger partial charge in [-0.25, -0.2) is 17.9 Å². The van der Waals surface area contributed by atoms with Crippen molar-refractivity contribution in [2.24, 2.45) is 5.92 Å². The Morgan fingerprint density at radius 2 is 2.03 bits per heavy atom. The van der Waals surface area contributed by atoms with Crippen molar-refractivity contribution in [3.8, 4) is 11.4 Å². The van der Waals surface area contributed by atoms with E-state index in [9.17, 15) is 13.2 Å². The van der Waals surface area contributed by atoms with Gasteiger partial charge >= 0.3 is 5.76 Å². The molecule has 10 nitrogen and oxygen atoms in total. The summed E-state index contributed by atoms with van der Waals surface area (Å²) in [7, 11) is -3.91. The first kappa shape index (κ1) is 22.9. The summed E-state index contributed by atoms with van der Waals surface area (Å²) in [5.74, 6) is -0.881. The van der Waals surface area contributed by atoms with E-state index in [-0.39, 0.29) is 29.3 Å². The summed E-state index contributed by atoms with van der Waals surface area (Å²) in [6, 6.07) is 6.58. The van der Waals surface area contributed by atoms with Gasteiger partial charge in [0.05, 0.1) is 22.8 Å². The van der Waals surface area contributed by atoms with Crippen LogP contribution in [0, 0.1) is 5.92 Å². The monoisotopic (exact) mass is 499 g/mol. The van der Waals surface area contributed by atoms with Crippen LogP contribution in [0.3, 0.4) is 0 Å². The van der Waals surface area contributed by atoms with Crippen LogP contribution >= 0.6 is 23.2 Å². The minimum absolute atomic E-state index is 0.0764. The fraction of sp³-hybridized carbons (Fsp3) is 0.316. The number of nitrogens with zero attached hydrogens (tertiary/aromatic N) is 2. The molecule has 4 rings (SSSR count). The van der Waals surface area contributed by atoms with Gasteiger partial charge in [0.25, 0.3) is 0 Å². The fourth-order valence-corrected chi connectivity index (χ4v) is 4.76. The van der Waals surface area contributed by atoms with E-state index in [1.165, 1.54) is 18.5 Å². The van der Waals surface area contributed by atoms with E-state index in [0.717, 1.165) is 5.56 Å². The number of halogens is 2. The predicted octanol–water partition coefficient (Wildman–Crippen LogP) is 1.99. The molecule has 0 amide bonds. The van der Waals surface area contributed by atoms with Gasteiger partial charge in [0, 0.05) is 43.5 Å². The maximum absolute atomic E-state index is 12.9. The molecule has 0 aliphatic carbocycles. The molecule has 0 spiro atoms. The smallest absolute Gasteiger partial charge is 0.372 e. The second-order valence-electron chi connectivity index (χ2n) is 7.13. The van der Waals surface area contributed by atoms with E-state index in [2.05, 4.69) is 29.7 Å². The lowest BCUT2D eigenvalue weighted by molar-refractivity contribution is 0.0322. The van der Waals surface area contributed by atoms with Crippen LogP contribution in [0.5, 0.6) is 0 Å². The van der Waals surface area contributed by atoms with Crippen molar-refractivity contribution in [3.05, 3.63) is 62.8 Å². The molecule has 0 bridgehead atoms. The highest BCUT2D eigenvalue weighted by Gasteiger charge is 2.28. The second-order valence-corrected chi connectivity index (χ2v) is 9.72. The average molecular weight is 500 g/mol. The van der Waals surface area contributed by atoms with Crippen LogP contribution in [0.25, 0.3) is 11.4 Å². The van der Waals surface area contributed by atoms with Crippen LogP contribution in [-0.2, 0) is 14.8 Å². The minimum atomic E-state index is -3.91. The molecule has 0 saturated carbocycles. The lowest BCUT2D eigenvalue weighted by atomic mass is 9.95. The van der Waals surface area contributed by atoms with Gasteiger partial charge in [-0.15, -0.1) is 0 Å². The molecular formula is C19H19Cl2N5O5S. The normalized spacial score (nSPS) is 19.6. The highest BCUT2D eigenvalue weighted by atomic mass is 35.5. The average Bonchev–Trinajstić information content (AvgIpc) is 3.08. The van der Waals surface area contributed by atoms with Crippen molar-refractivity contribution < 1.29 is 17.7 Å². The van der Waals surface area contributed by atoms with Crippen molar-refractivity contribution in [1.82, 2.24) is 25.2 Å². The van der Waals surface area contributed by atoms with E-state index >= 15 is 0 Å². The van der Waals surface area contributed by atoms with Gasteiger partial charge in [0.15, 0.2) is 5.82 Å². The zero-order valence-electron chi connectivity index (χ0n) is 16.5. The summed E-state index contributed by atoms with van der Waals surface area (Å²) < 4.78 is 38.9. The fourth-order valence-electron chi connectivity index (χ4n) is 3.38. The van der Waals surface area contributed by atoms with Crippen molar-refractivity contribution >= 4 is 33.2 Å². The maximum Gasteiger partial charge on any atom is 0.439 e. The quantitative estimate of drug-likeness (QED) is 0.467. The standard InChI is InChI=1S/C19H19Cl2N5O5S/c20-15-2-1-11(6-16(15)21)17-13(8-22-3-4-30-17)9-24-32(28,29)14-5-12(7-23-10-14)18-25-19(27)31-26-18/h1-2,5-7,10,13,17,22,24H,3-4,8-9H2,(H,25,26,27)/t13-,17-/m0/s1. The van der Waals surface area contributed by atoms with Gasteiger partial charge < -0.3 is 10.1 Å². The first-order valence-corrected chi connectivity index (χ1v) is 11.9. The first-order valence-electron chi connectivity index (χ1n) is 9.62. The van der Waals surface area contributed by atoms with Gasteiger partial charge in [0.2, 0.25) is 10.0 Å². The third-order valence-electron chi connectivity index (χ3n) is 4.96. The van der Waals surface area contributed by atoms with Gasteiger partial charge in [-0.2, -0.15) is 0 Å². The largest absolute Gasteiger partial charge is 0.439 e. The molecule has 1 aliphatic rings. The molecular weight excluding hydrogens is 481 g/mol. The number of aromatic nitrogens is 3. The first-order chi connectivity index (χ1) is 15.3. The van der Waals surface area contributed by atoms with Crippen molar-refractivity contribution in [2.45, 2.75) is 11.0 Å². The zero-order chi connectivity index (χ0) is 22.7. The van der Waals surface area contributed by atoms with Gasteiger partial charge in [-0.1, -0.05) is 34.4 Å². The lowest BCUT2D eigenvalue weighted by Crippen LogP contribution is -2.36. The minimum Gasteiger partial charge on any atom is -0.372 e. The number of rotatable bonds is 6. The molecule has 2 aromatic heterocycles. The molecule has 2 atom stereocenters. The summed E-state index contributed by atoms with van der Waals surface area (Å²) >= 11 is 12.2. The van der Waals surface area contributed by atoms with Crippen molar-refractivity contribution in [3.63, 3.8) is 0 Å². The zero-order valence-corrected chi connectivity index (χ0v) is 18.9. The molecule has 3 N–H and O–H groups in total. The number of pyridine rings is 1. The summed E-state index contributed by atoms with van der Waals surface area (Å²) in [5.41, 5.74) is 1.11. The van der Waals surface area contributed by atoms with Gasteiger partial charge in [-0.3, -0.25) is 14.5 Å². The molecule has 170 valence electrons. The number of ether oxygens (including phenoxy) is 1. The van der Waals surface area contributed by atoms with Crippen molar-refractivity contribution in [1.29, 1.82) is 0 Å². The van der Waals surface area contributed by atoms with E-state index in [1.54, 1.807) is 12.1 Å². The molecule has 32 heavy (non-hydrogen) atoms. The third-order valence-corrected chi connectivity index (χ3v) is 7.09. The molecule has 3 aromatic rings. The molecule has 0 unspecified atom stereocenters. The Morgan fingerprint density at radius 3 is 2.78 bits per heavy atom. The number of sulfonamides is 1. The van der Waals surface area contributed by atoms with Crippen LogP contribution < -0.4 is 15.8 Å². The Kier molecular flexibility index (Phi) is 6.93. The lowest BCUT2D eigenvalue weighted by Gasteiger charge is -2.25. The number of benzene rings is 1. The summed E-state index contributed by atoms with van der Waals surface area (Å²) in [5, 5.41) is 7.63. The van der Waals surface area contributed by atoms with Crippen molar-refractivity contribution in [2.75, 3.05) is 26.2 Å². The van der Waals surface area contributed by atoms with Crippen LogP contribution in [-0.4, -0.2) is 49.8 Å². The Labute approximate surface area is 193 Å². The molecule has 3 heterocycles. The number of nitrogens with one attached hydrogen (secondary N) is 3. The van der Waals surface area contributed by atoms with E-state index < -0.39 is 15.8 Å².